The van der Waals surface area contributed by atoms with Crippen molar-refractivity contribution < 1.29 is 14.6 Å². The van der Waals surface area contributed by atoms with E-state index in [0.717, 1.165) is 54.1 Å². The molecule has 1 aromatic rings. The molecule has 1 unspecified atom stereocenters. The van der Waals surface area contributed by atoms with E-state index in [9.17, 15) is 9.90 Å². The second kappa shape index (κ2) is 9.76. The maximum absolute atomic E-state index is 12.4. The van der Waals surface area contributed by atoms with Crippen molar-refractivity contribution in [2.75, 3.05) is 7.11 Å². The third-order valence-corrected chi connectivity index (χ3v) is 6.23. The first-order valence-electron chi connectivity index (χ1n) is 9.39. The fourth-order valence-electron chi connectivity index (χ4n) is 4.03. The van der Waals surface area contributed by atoms with Gasteiger partial charge in [0.05, 0.1) is 0 Å². The van der Waals surface area contributed by atoms with Gasteiger partial charge in [0, 0.05) is 28.7 Å². The monoisotopic (exact) mass is 459 g/mol. The van der Waals surface area contributed by atoms with Crippen LogP contribution in [-0.4, -0.2) is 29.3 Å². The zero-order chi connectivity index (χ0) is 18.3. The highest BCUT2D eigenvalue weighted by molar-refractivity contribution is 14.1. The molecule has 0 aromatic heterocycles. The number of hydrogen-bond acceptors (Lipinski definition) is 2. The van der Waals surface area contributed by atoms with E-state index in [4.69, 9.17) is 4.74 Å². The van der Waals surface area contributed by atoms with Crippen molar-refractivity contribution in [1.29, 1.82) is 0 Å². The van der Waals surface area contributed by atoms with Crippen LogP contribution in [0.15, 0.2) is 24.3 Å². The van der Waals surface area contributed by atoms with Crippen molar-refractivity contribution in [2.24, 2.45) is 0 Å². The van der Waals surface area contributed by atoms with Gasteiger partial charge >= 0.3 is 6.09 Å². The van der Waals surface area contributed by atoms with E-state index in [1.165, 1.54) is 6.42 Å². The lowest BCUT2D eigenvalue weighted by atomic mass is 9.88. The predicted molar refractivity (Wildman–Crippen MR) is 109 cm³/mol. The Morgan fingerprint density at radius 2 is 1.96 bits per heavy atom. The minimum atomic E-state index is -0.902. The fraction of sp³-hybridized carbons (Fsp3) is 0.650. The molecule has 1 amide bonds. The first-order valence-corrected chi connectivity index (χ1v) is 10.5. The van der Waals surface area contributed by atoms with E-state index in [2.05, 4.69) is 29.5 Å². The summed E-state index contributed by atoms with van der Waals surface area (Å²) in [6.45, 7) is 2.16. The maximum atomic E-state index is 12.4. The summed E-state index contributed by atoms with van der Waals surface area (Å²) in [7, 11) is 1.66. The van der Waals surface area contributed by atoms with Gasteiger partial charge in [-0.25, -0.2) is 4.79 Å². The Hall–Kier alpha value is -0.820. The van der Waals surface area contributed by atoms with Crippen molar-refractivity contribution in [1.82, 2.24) is 4.90 Å². The number of nitrogens with zero attached hydrogens (tertiary/aromatic N) is 1. The molecule has 1 aromatic carbocycles. The predicted octanol–water partition coefficient (Wildman–Crippen LogP) is 5.98. The number of rotatable bonds is 8. The molecule has 0 spiro atoms. The van der Waals surface area contributed by atoms with Gasteiger partial charge in [0.2, 0.25) is 0 Å². The lowest BCUT2D eigenvalue weighted by molar-refractivity contribution is -0.154. The summed E-state index contributed by atoms with van der Waals surface area (Å²) in [5.41, 5.74) is 0.0722. The largest absolute Gasteiger partial charge is 0.465 e. The molecule has 0 heterocycles. The molecule has 0 saturated heterocycles. The second-order valence-electron chi connectivity index (χ2n) is 6.87. The number of ether oxygens (including phenoxy) is 1. The van der Waals surface area contributed by atoms with Crippen LogP contribution in [0.4, 0.5) is 4.79 Å². The number of methoxy groups -OCH3 is 1. The lowest BCUT2D eigenvalue weighted by Crippen LogP contribution is -2.56. The highest BCUT2D eigenvalue weighted by atomic mass is 127. The Labute approximate surface area is 165 Å². The molecule has 1 atom stereocenters. The average molecular weight is 459 g/mol. The Balaban J connectivity index is 2.49. The molecule has 1 aliphatic carbocycles. The Morgan fingerprint density at radius 1 is 1.28 bits per heavy atom. The second-order valence-corrected chi connectivity index (χ2v) is 8.03. The van der Waals surface area contributed by atoms with Crippen LogP contribution in [0.2, 0.25) is 0 Å². The van der Waals surface area contributed by atoms with Crippen molar-refractivity contribution in [3.63, 3.8) is 0 Å². The number of unbranched alkanes of at least 4 members (excludes halogenated alkanes) is 2. The van der Waals surface area contributed by atoms with Crippen LogP contribution >= 0.6 is 22.6 Å². The number of benzene rings is 1. The molecule has 140 valence electrons. The molecule has 5 heteroatoms. The van der Waals surface area contributed by atoms with Crippen LogP contribution < -0.4 is 0 Å². The molecular weight excluding hydrogens is 429 g/mol. The third-order valence-electron chi connectivity index (χ3n) is 5.29. The number of amides is 1. The Kier molecular flexibility index (Phi) is 8.00. The first kappa shape index (κ1) is 20.5. The molecule has 1 aliphatic rings. The van der Waals surface area contributed by atoms with E-state index < -0.39 is 11.8 Å². The molecule has 1 saturated carbocycles. The van der Waals surface area contributed by atoms with Crippen LogP contribution in [0.1, 0.15) is 70.3 Å². The molecule has 0 aliphatic heterocycles. The van der Waals surface area contributed by atoms with Gasteiger partial charge in [-0.15, -0.1) is 0 Å². The van der Waals surface area contributed by atoms with E-state index in [1.54, 1.807) is 12.0 Å². The fourth-order valence-corrected chi connectivity index (χ4v) is 4.84. The van der Waals surface area contributed by atoms with Crippen molar-refractivity contribution in [2.45, 2.75) is 76.5 Å². The van der Waals surface area contributed by atoms with Gasteiger partial charge in [-0.1, -0.05) is 57.2 Å². The first-order chi connectivity index (χ1) is 12.1. The number of hydrogen-bond donors (Lipinski definition) is 1. The highest BCUT2D eigenvalue weighted by Gasteiger charge is 2.46. The molecule has 2 rings (SSSR count). The van der Waals surface area contributed by atoms with Gasteiger partial charge in [0.15, 0.2) is 5.72 Å². The molecule has 1 fully saturated rings. The quantitative estimate of drug-likeness (QED) is 0.296. The molecule has 25 heavy (non-hydrogen) atoms. The van der Waals surface area contributed by atoms with Crippen molar-refractivity contribution >= 4 is 28.7 Å². The summed E-state index contributed by atoms with van der Waals surface area (Å²) in [5.74, 6) is 0. The maximum Gasteiger partial charge on any atom is 0.410 e. The number of carboxylic acid groups (broad SMARTS) is 1. The standard InChI is InChI=1S/C20H30INO3/c1-3-4-10-15-20(25-2,17-13-8-9-14-18(17)21)22(19(23)24)16-11-6-5-7-12-16/h8-9,13-14,16H,3-7,10-12,15H2,1-2H3,(H,23,24). The zero-order valence-corrected chi connectivity index (χ0v) is 17.5. The average Bonchev–Trinajstić information content (AvgIpc) is 2.62. The summed E-state index contributed by atoms with van der Waals surface area (Å²) >= 11 is 2.30. The molecule has 0 radical (unpaired) electrons. The number of halogens is 1. The smallest absolute Gasteiger partial charge is 0.410 e. The lowest BCUT2D eigenvalue weighted by Gasteiger charge is -2.47. The van der Waals surface area contributed by atoms with Crippen LogP contribution in [0.25, 0.3) is 0 Å². The van der Waals surface area contributed by atoms with Crippen LogP contribution in [0.5, 0.6) is 0 Å². The van der Waals surface area contributed by atoms with Crippen molar-refractivity contribution in [3.05, 3.63) is 33.4 Å². The topological polar surface area (TPSA) is 49.8 Å². The zero-order valence-electron chi connectivity index (χ0n) is 15.3. The van der Waals surface area contributed by atoms with Gasteiger partial charge in [-0.05, 0) is 47.9 Å². The summed E-state index contributed by atoms with van der Waals surface area (Å²) < 4.78 is 7.12. The number of carbonyl (C=O) groups is 1. The minimum Gasteiger partial charge on any atom is -0.465 e. The van der Waals surface area contributed by atoms with Gasteiger partial charge in [-0.2, -0.15) is 0 Å². The molecule has 1 N–H and O–H groups in total. The SMILES string of the molecule is CCCCCC(OC)(c1ccccc1I)N(C(=O)O)C1CCCCC1. The van der Waals surface area contributed by atoms with Crippen LogP contribution in [0, 0.1) is 3.57 Å². The molecule has 0 bridgehead atoms. The van der Waals surface area contributed by atoms with Crippen LogP contribution in [-0.2, 0) is 10.5 Å². The molecular formula is C20H30INO3. The van der Waals surface area contributed by atoms with Gasteiger partial charge < -0.3 is 9.84 Å². The van der Waals surface area contributed by atoms with Crippen LogP contribution in [0.3, 0.4) is 0 Å². The summed E-state index contributed by atoms with van der Waals surface area (Å²) in [4.78, 5) is 14.0. The molecule has 4 nitrogen and oxygen atoms in total. The van der Waals surface area contributed by atoms with Gasteiger partial charge in [0.25, 0.3) is 0 Å². The summed E-state index contributed by atoms with van der Waals surface area (Å²) in [6, 6.07) is 8.05. The van der Waals surface area contributed by atoms with E-state index in [0.29, 0.717) is 6.42 Å². The summed E-state index contributed by atoms with van der Waals surface area (Å²) in [6.07, 6.45) is 8.18. The van der Waals surface area contributed by atoms with E-state index in [-0.39, 0.29) is 6.04 Å². The Bertz CT molecular complexity index is 560. The third kappa shape index (κ3) is 4.67. The van der Waals surface area contributed by atoms with Gasteiger partial charge in [-0.3, -0.25) is 4.90 Å². The highest BCUT2D eigenvalue weighted by Crippen LogP contribution is 2.41. The van der Waals surface area contributed by atoms with E-state index >= 15 is 0 Å². The summed E-state index contributed by atoms with van der Waals surface area (Å²) in [5, 5.41) is 10.1. The minimum absolute atomic E-state index is 0.0313. The van der Waals surface area contributed by atoms with Crippen molar-refractivity contribution in [3.8, 4) is 0 Å². The normalized spacial score (nSPS) is 17.9. The van der Waals surface area contributed by atoms with Gasteiger partial charge in [0.1, 0.15) is 0 Å². The van der Waals surface area contributed by atoms with E-state index in [1.807, 2.05) is 24.3 Å². The Morgan fingerprint density at radius 3 is 2.52 bits per heavy atom.